The standard InChI is InChI=1S/C23H29NO7/c1-12(25)30-17-11-23-8-9-24(3)15(19(23)22(29-5)21(17)31-13(2)26)10-14-6-7-16(28-4)20(27)18(14)23/h6-7,15,17,21,27H,8-11H2,1-5H3/t15-,17+,21+,23+/m1/s1. The number of esters is 2. The smallest absolute Gasteiger partial charge is 0.303 e. The first-order valence-corrected chi connectivity index (χ1v) is 10.5. The molecule has 1 saturated heterocycles. The van der Waals surface area contributed by atoms with Gasteiger partial charge in [-0.05, 0) is 43.6 Å². The average Bonchev–Trinajstić information content (AvgIpc) is 2.70. The molecule has 0 aromatic heterocycles. The second-order valence-corrected chi connectivity index (χ2v) is 8.55. The molecule has 0 unspecified atom stereocenters. The number of piperidine rings is 1. The zero-order chi connectivity index (χ0) is 22.5. The Morgan fingerprint density at radius 1 is 1.13 bits per heavy atom. The lowest BCUT2D eigenvalue weighted by Crippen LogP contribution is -2.60. The van der Waals surface area contributed by atoms with E-state index in [0.29, 0.717) is 30.8 Å². The van der Waals surface area contributed by atoms with Crippen LogP contribution in [0.4, 0.5) is 0 Å². The number of methoxy groups -OCH3 is 2. The Morgan fingerprint density at radius 3 is 2.45 bits per heavy atom. The van der Waals surface area contributed by atoms with Gasteiger partial charge in [-0.3, -0.25) is 14.5 Å². The molecule has 1 aromatic rings. The monoisotopic (exact) mass is 431 g/mol. The number of fused-ring (bicyclic) bond motifs is 1. The number of nitrogens with zero attached hydrogens (tertiary/aromatic N) is 1. The number of hydrogen-bond acceptors (Lipinski definition) is 8. The van der Waals surface area contributed by atoms with Gasteiger partial charge in [0.05, 0.1) is 14.2 Å². The first kappa shape index (κ1) is 21.5. The van der Waals surface area contributed by atoms with Crippen molar-refractivity contribution in [3.05, 3.63) is 34.6 Å². The predicted octanol–water partition coefficient (Wildman–Crippen LogP) is 2.07. The van der Waals surface area contributed by atoms with Gasteiger partial charge in [-0.15, -0.1) is 0 Å². The molecule has 1 fully saturated rings. The van der Waals surface area contributed by atoms with E-state index in [4.69, 9.17) is 18.9 Å². The van der Waals surface area contributed by atoms with Crippen LogP contribution in [0, 0.1) is 0 Å². The lowest BCUT2D eigenvalue weighted by atomic mass is 9.55. The Labute approximate surface area is 181 Å². The maximum Gasteiger partial charge on any atom is 0.303 e. The predicted molar refractivity (Wildman–Crippen MR) is 111 cm³/mol. The van der Waals surface area contributed by atoms with Crippen LogP contribution < -0.4 is 4.74 Å². The zero-order valence-corrected chi connectivity index (χ0v) is 18.6. The molecule has 0 amide bonds. The molecule has 0 radical (unpaired) electrons. The van der Waals surface area contributed by atoms with Gasteiger partial charge in [0.15, 0.2) is 17.6 Å². The second kappa shape index (κ2) is 7.75. The van der Waals surface area contributed by atoms with Crippen molar-refractivity contribution in [3.63, 3.8) is 0 Å². The van der Waals surface area contributed by atoms with E-state index >= 15 is 0 Å². The molecule has 1 N–H and O–H groups in total. The molecule has 31 heavy (non-hydrogen) atoms. The summed E-state index contributed by atoms with van der Waals surface area (Å²) in [6, 6.07) is 3.78. The van der Waals surface area contributed by atoms with Crippen molar-refractivity contribution in [1.82, 2.24) is 4.90 Å². The fourth-order valence-electron chi connectivity index (χ4n) is 5.74. The number of hydrogen-bond donors (Lipinski definition) is 1. The highest BCUT2D eigenvalue weighted by atomic mass is 16.6. The summed E-state index contributed by atoms with van der Waals surface area (Å²) in [5.74, 6) is 0.0517. The minimum absolute atomic E-state index is 0.0142. The van der Waals surface area contributed by atoms with E-state index in [9.17, 15) is 14.7 Å². The molecule has 1 aliphatic heterocycles. The van der Waals surface area contributed by atoms with Gasteiger partial charge >= 0.3 is 11.9 Å². The molecular formula is C23H29NO7. The third-order valence-corrected chi connectivity index (χ3v) is 6.85. The van der Waals surface area contributed by atoms with Crippen molar-refractivity contribution in [2.75, 3.05) is 27.8 Å². The molecule has 8 nitrogen and oxygen atoms in total. The first-order chi connectivity index (χ1) is 14.7. The summed E-state index contributed by atoms with van der Waals surface area (Å²) < 4.78 is 22.5. The van der Waals surface area contributed by atoms with Crippen LogP contribution in [0.1, 0.15) is 37.8 Å². The van der Waals surface area contributed by atoms with Gasteiger partial charge in [0.1, 0.15) is 11.9 Å². The van der Waals surface area contributed by atoms with E-state index in [2.05, 4.69) is 11.9 Å². The van der Waals surface area contributed by atoms with Crippen molar-refractivity contribution >= 4 is 11.9 Å². The van der Waals surface area contributed by atoms with Crippen LogP contribution >= 0.6 is 0 Å². The van der Waals surface area contributed by atoms with E-state index in [1.807, 2.05) is 6.07 Å². The van der Waals surface area contributed by atoms with Crippen molar-refractivity contribution in [1.29, 1.82) is 0 Å². The van der Waals surface area contributed by atoms with Crippen LogP contribution in [0.2, 0.25) is 0 Å². The lowest BCUT2D eigenvalue weighted by molar-refractivity contribution is -0.169. The Kier molecular flexibility index (Phi) is 5.37. The summed E-state index contributed by atoms with van der Waals surface area (Å²) in [5, 5.41) is 11.2. The highest BCUT2D eigenvalue weighted by Gasteiger charge is 2.59. The third kappa shape index (κ3) is 3.24. The number of likely N-dealkylation sites (N-methyl/N-ethyl adjacent to an activating group) is 1. The van der Waals surface area contributed by atoms with E-state index in [1.165, 1.54) is 21.0 Å². The average molecular weight is 431 g/mol. The Bertz CT molecular complexity index is 955. The Balaban J connectivity index is 2.01. The molecule has 2 aliphatic carbocycles. The van der Waals surface area contributed by atoms with Gasteiger partial charge < -0.3 is 24.1 Å². The van der Waals surface area contributed by atoms with E-state index < -0.39 is 29.6 Å². The number of benzene rings is 1. The number of phenols is 1. The zero-order valence-electron chi connectivity index (χ0n) is 18.6. The first-order valence-electron chi connectivity index (χ1n) is 10.5. The highest BCUT2D eigenvalue weighted by Crippen LogP contribution is 2.59. The van der Waals surface area contributed by atoms with Crippen molar-refractivity contribution < 1.29 is 33.6 Å². The number of rotatable bonds is 4. The van der Waals surface area contributed by atoms with Gasteiger partial charge in [0, 0.05) is 37.3 Å². The fraction of sp³-hybridized carbons (Fsp3) is 0.565. The fourth-order valence-corrected chi connectivity index (χ4v) is 5.74. The van der Waals surface area contributed by atoms with Crippen molar-refractivity contribution in [2.45, 2.75) is 56.8 Å². The summed E-state index contributed by atoms with van der Waals surface area (Å²) in [6.45, 7) is 3.46. The van der Waals surface area contributed by atoms with Gasteiger partial charge in [0.25, 0.3) is 0 Å². The Hall–Kier alpha value is -2.74. The highest BCUT2D eigenvalue weighted by molar-refractivity contribution is 5.69. The van der Waals surface area contributed by atoms with Crippen LogP contribution in [0.5, 0.6) is 11.5 Å². The maximum atomic E-state index is 11.9. The second-order valence-electron chi connectivity index (χ2n) is 8.55. The molecule has 168 valence electrons. The Morgan fingerprint density at radius 2 is 1.84 bits per heavy atom. The number of aromatic hydroxyl groups is 1. The van der Waals surface area contributed by atoms with Crippen LogP contribution in [-0.2, 0) is 35.6 Å². The number of phenolic OH excluding ortho intramolecular Hbond substituents is 1. The number of ether oxygens (including phenoxy) is 4. The molecule has 1 aromatic carbocycles. The summed E-state index contributed by atoms with van der Waals surface area (Å²) >= 11 is 0. The topological polar surface area (TPSA) is 94.5 Å². The molecule has 2 bridgehead atoms. The van der Waals surface area contributed by atoms with E-state index in [1.54, 1.807) is 13.2 Å². The van der Waals surface area contributed by atoms with Gasteiger partial charge in [-0.25, -0.2) is 0 Å². The summed E-state index contributed by atoms with van der Waals surface area (Å²) in [5.41, 5.74) is 2.18. The van der Waals surface area contributed by atoms with Gasteiger partial charge in [0.2, 0.25) is 0 Å². The lowest BCUT2D eigenvalue weighted by Gasteiger charge is -2.56. The van der Waals surface area contributed by atoms with Crippen LogP contribution in [0.25, 0.3) is 0 Å². The number of carbonyl (C=O) groups excluding carboxylic acids is 2. The molecule has 4 rings (SSSR count). The largest absolute Gasteiger partial charge is 0.504 e. The number of carbonyl (C=O) groups is 2. The van der Waals surface area contributed by atoms with Crippen LogP contribution in [-0.4, -0.2) is 68.0 Å². The minimum Gasteiger partial charge on any atom is -0.504 e. The number of likely N-dealkylation sites (tertiary alicyclic amines) is 1. The van der Waals surface area contributed by atoms with Crippen LogP contribution in [0.15, 0.2) is 23.5 Å². The van der Waals surface area contributed by atoms with Gasteiger partial charge in [-0.2, -0.15) is 0 Å². The van der Waals surface area contributed by atoms with E-state index in [-0.39, 0.29) is 11.8 Å². The normalized spacial score (nSPS) is 29.5. The van der Waals surface area contributed by atoms with E-state index in [0.717, 1.165) is 23.2 Å². The molecule has 8 heteroatoms. The SMILES string of the molecule is COC1=C2[C@H]3Cc4ccc(OC)c(O)c4[C@]2(CCN3C)C[C@H](OC(C)=O)[C@@H]1OC(C)=O. The summed E-state index contributed by atoms with van der Waals surface area (Å²) in [6.07, 6.45) is 0.183. The van der Waals surface area contributed by atoms with Crippen LogP contribution in [0.3, 0.4) is 0 Å². The quantitative estimate of drug-likeness (QED) is 0.724. The molecule has 0 saturated carbocycles. The molecule has 0 spiro atoms. The van der Waals surface area contributed by atoms with Crippen molar-refractivity contribution in [3.8, 4) is 11.5 Å². The molecule has 3 aliphatic rings. The maximum absolute atomic E-state index is 11.9. The summed E-state index contributed by atoms with van der Waals surface area (Å²) in [7, 11) is 5.12. The van der Waals surface area contributed by atoms with Gasteiger partial charge in [-0.1, -0.05) is 6.07 Å². The minimum atomic E-state index is -0.835. The van der Waals surface area contributed by atoms with Crippen molar-refractivity contribution in [2.24, 2.45) is 0 Å². The molecular weight excluding hydrogens is 402 g/mol. The molecule has 4 atom stereocenters. The third-order valence-electron chi connectivity index (χ3n) is 6.85. The molecule has 1 heterocycles. The summed E-state index contributed by atoms with van der Waals surface area (Å²) in [4.78, 5) is 26.1.